The van der Waals surface area contributed by atoms with Crippen LogP contribution in [-0.2, 0) is 43.0 Å². The molecule has 0 aliphatic heterocycles. The third-order valence-electron chi connectivity index (χ3n) is 13.7. The lowest BCUT2D eigenvalue weighted by molar-refractivity contribution is -0.160. The van der Waals surface area contributed by atoms with E-state index in [0.29, 0.717) is 13.0 Å². The number of carbonyl (C=O) groups excluding carboxylic acids is 3. The fraction of sp³-hybridized carbons (Fsp3) is 0.877. The van der Waals surface area contributed by atoms with Crippen LogP contribution < -0.4 is 0 Å². The number of carbonyl (C=O) groups is 7. The molecule has 0 rings (SSSR count). The molecule has 18 heteroatoms. The van der Waals surface area contributed by atoms with E-state index in [0.717, 1.165) is 49.8 Å². The highest BCUT2D eigenvalue weighted by atomic mass is 16.6. The lowest BCUT2D eigenvalue weighted by Crippen LogP contribution is -2.47. The van der Waals surface area contributed by atoms with Crippen LogP contribution in [0.4, 0.5) is 0 Å². The first-order valence-electron chi connectivity index (χ1n) is 29.4. The molecule has 0 saturated carbocycles. The van der Waals surface area contributed by atoms with Gasteiger partial charge < -0.3 is 39.7 Å². The largest absolute Gasteiger partial charge is 0.480 e. The van der Waals surface area contributed by atoms with E-state index in [9.17, 15) is 54.0 Å². The van der Waals surface area contributed by atoms with Crippen molar-refractivity contribution in [3.8, 4) is 0 Å². The molecule has 0 aromatic rings. The molecule has 4 N–H and O–H groups in total. The number of unbranched alkanes of at least 4 members (excludes halogenated alkanes) is 28. The Labute approximate surface area is 453 Å². The van der Waals surface area contributed by atoms with Gasteiger partial charge in [-0.25, -0.2) is 0 Å². The summed E-state index contributed by atoms with van der Waals surface area (Å²) in [5.41, 5.74) is 0. The van der Waals surface area contributed by atoms with Crippen molar-refractivity contribution in [2.75, 3.05) is 99.2 Å². The van der Waals surface area contributed by atoms with E-state index in [4.69, 9.17) is 9.47 Å². The van der Waals surface area contributed by atoms with Crippen molar-refractivity contribution in [1.29, 1.82) is 0 Å². The number of rotatable bonds is 56. The Morgan fingerprint density at radius 3 is 1.04 bits per heavy atom. The highest BCUT2D eigenvalue weighted by molar-refractivity contribution is 5.79. The van der Waals surface area contributed by atoms with Crippen LogP contribution in [0.5, 0.6) is 0 Å². The van der Waals surface area contributed by atoms with E-state index in [1.807, 2.05) is 11.9 Å². The first kappa shape index (κ1) is 71.1. The van der Waals surface area contributed by atoms with E-state index in [2.05, 4.69) is 13.8 Å². The molecule has 0 aromatic carbocycles. The third kappa shape index (κ3) is 48.3. The van der Waals surface area contributed by atoms with E-state index in [1.165, 1.54) is 162 Å². The smallest absolute Gasteiger partial charge is 0.317 e. The van der Waals surface area contributed by atoms with E-state index in [1.54, 1.807) is 7.05 Å². The fourth-order valence-electron chi connectivity index (χ4n) is 9.13. The Hall–Kier alpha value is -3.87. The molecule has 0 heterocycles. The lowest BCUT2D eigenvalue weighted by Gasteiger charge is -2.29. The summed E-state index contributed by atoms with van der Waals surface area (Å²) in [6.45, 7) is 2.80. The maximum absolute atomic E-state index is 13.4. The van der Waals surface area contributed by atoms with Gasteiger partial charge in [0.05, 0.1) is 32.7 Å². The topological polar surface area (TPSA) is 235 Å². The number of hydrogen-bond donors (Lipinski definition) is 4. The minimum absolute atomic E-state index is 0.0108. The van der Waals surface area contributed by atoms with Gasteiger partial charge in [-0.2, -0.15) is 0 Å². The van der Waals surface area contributed by atoms with Gasteiger partial charge in [0.25, 0.3) is 0 Å². The van der Waals surface area contributed by atoms with Crippen molar-refractivity contribution in [2.45, 2.75) is 225 Å². The standard InChI is InChI=1S/C57H107N5O13/c1-5-7-9-11-13-15-17-19-21-23-25-27-29-31-33-35-56(72)74-49-50(75-57(73)36-34-32-30-28-26-24-22-20-18-16-14-12-10-8-6-2)43-58(3)37-38-59(4)51(63)44-61(46-53(66)67)41-39-60(45-52(64)65)40-42-62(47-54(68)69)48-55(70)71/h50H,5-49H2,1-4H3,(H,64,65)(H,66,67)(H,68,69)(H,70,71). The maximum Gasteiger partial charge on any atom is 0.317 e. The zero-order valence-electron chi connectivity index (χ0n) is 47.6. The molecule has 0 aromatic heterocycles. The van der Waals surface area contributed by atoms with Crippen molar-refractivity contribution >= 4 is 41.7 Å². The summed E-state index contributed by atoms with van der Waals surface area (Å²) < 4.78 is 11.6. The molecule has 438 valence electrons. The van der Waals surface area contributed by atoms with Crippen molar-refractivity contribution in [2.24, 2.45) is 0 Å². The van der Waals surface area contributed by atoms with Crippen LogP contribution in [0.2, 0.25) is 0 Å². The quantitative estimate of drug-likeness (QED) is 0.0328. The Kier molecular flexibility index (Phi) is 47.1. The second kappa shape index (κ2) is 49.7. The van der Waals surface area contributed by atoms with E-state index >= 15 is 0 Å². The second-order valence-electron chi connectivity index (χ2n) is 21.0. The number of likely N-dealkylation sites (N-methyl/N-ethyl adjacent to an activating group) is 2. The molecule has 75 heavy (non-hydrogen) atoms. The van der Waals surface area contributed by atoms with Crippen molar-refractivity contribution in [1.82, 2.24) is 24.5 Å². The third-order valence-corrected chi connectivity index (χ3v) is 13.7. The number of ether oxygens (including phenoxy) is 2. The van der Waals surface area contributed by atoms with Crippen LogP contribution >= 0.6 is 0 Å². The SMILES string of the molecule is CCCCCCCCCCCCCCCCCC(=O)OCC(CN(C)CCN(C)C(=O)CN(CCN(CCN(CC(=O)O)CC(=O)O)CC(=O)O)CC(=O)O)OC(=O)CCCCCCCCCCCCCCCCC. The van der Waals surface area contributed by atoms with Crippen LogP contribution in [0.15, 0.2) is 0 Å². The number of hydrogen-bond acceptors (Lipinski definition) is 13. The Bertz CT molecular complexity index is 1470. The minimum Gasteiger partial charge on any atom is -0.480 e. The average molecular weight is 1070 g/mol. The Balaban J connectivity index is 5.16. The van der Waals surface area contributed by atoms with Gasteiger partial charge in [-0.05, 0) is 19.9 Å². The molecule has 0 radical (unpaired) electrons. The first-order chi connectivity index (χ1) is 36.1. The van der Waals surface area contributed by atoms with Crippen LogP contribution in [-0.4, -0.2) is 192 Å². The summed E-state index contributed by atoms with van der Waals surface area (Å²) in [5.74, 6) is -5.92. The molecule has 0 bridgehead atoms. The Morgan fingerprint density at radius 1 is 0.373 bits per heavy atom. The van der Waals surface area contributed by atoms with Gasteiger partial charge in [0.15, 0.2) is 0 Å². The number of nitrogens with zero attached hydrogens (tertiary/aromatic N) is 5. The number of aliphatic carboxylic acids is 4. The lowest BCUT2D eigenvalue weighted by atomic mass is 10.0. The molecule has 0 aliphatic carbocycles. The highest BCUT2D eigenvalue weighted by Gasteiger charge is 2.23. The summed E-state index contributed by atoms with van der Waals surface area (Å²) in [7, 11) is 3.40. The predicted molar refractivity (Wildman–Crippen MR) is 295 cm³/mol. The summed E-state index contributed by atoms with van der Waals surface area (Å²) in [4.78, 5) is 92.5. The number of carboxylic acid groups (broad SMARTS) is 4. The van der Waals surface area contributed by atoms with Crippen LogP contribution in [0.25, 0.3) is 0 Å². The monoisotopic (exact) mass is 1070 g/mol. The van der Waals surface area contributed by atoms with Crippen molar-refractivity contribution in [3.63, 3.8) is 0 Å². The molecule has 0 spiro atoms. The van der Waals surface area contributed by atoms with Gasteiger partial charge in [-0.3, -0.25) is 48.3 Å². The Morgan fingerprint density at radius 2 is 0.680 bits per heavy atom. The average Bonchev–Trinajstić information content (AvgIpc) is 3.34. The van der Waals surface area contributed by atoms with Gasteiger partial charge in [-0.15, -0.1) is 0 Å². The molecule has 0 fully saturated rings. The zero-order chi connectivity index (χ0) is 55.7. The molecule has 0 saturated heterocycles. The van der Waals surface area contributed by atoms with Crippen LogP contribution in [0.1, 0.15) is 219 Å². The normalized spacial score (nSPS) is 11.9. The molecule has 1 atom stereocenters. The fourth-order valence-corrected chi connectivity index (χ4v) is 9.13. The zero-order valence-corrected chi connectivity index (χ0v) is 47.6. The minimum atomic E-state index is -1.24. The summed E-state index contributed by atoms with van der Waals surface area (Å²) in [6, 6.07) is 0. The molecular formula is C57H107N5O13. The van der Waals surface area contributed by atoms with Gasteiger partial charge in [0.1, 0.15) is 12.7 Å². The number of amides is 1. The van der Waals surface area contributed by atoms with E-state index in [-0.39, 0.29) is 76.7 Å². The summed E-state index contributed by atoms with van der Waals surface area (Å²) >= 11 is 0. The molecule has 18 nitrogen and oxygen atoms in total. The van der Waals surface area contributed by atoms with Crippen LogP contribution in [0.3, 0.4) is 0 Å². The molecule has 1 unspecified atom stereocenters. The van der Waals surface area contributed by atoms with Gasteiger partial charge in [0, 0.05) is 65.7 Å². The molecule has 1 amide bonds. The van der Waals surface area contributed by atoms with Crippen LogP contribution in [0, 0.1) is 0 Å². The summed E-state index contributed by atoms with van der Waals surface area (Å²) in [5, 5.41) is 37.4. The van der Waals surface area contributed by atoms with Crippen molar-refractivity contribution in [3.05, 3.63) is 0 Å². The number of esters is 2. The summed E-state index contributed by atoms with van der Waals surface area (Å²) in [6.07, 6.45) is 36.7. The first-order valence-corrected chi connectivity index (χ1v) is 29.4. The van der Waals surface area contributed by atoms with Gasteiger partial charge >= 0.3 is 35.8 Å². The second-order valence-corrected chi connectivity index (χ2v) is 21.0. The van der Waals surface area contributed by atoms with Gasteiger partial charge in [0.2, 0.25) is 5.91 Å². The molecular weight excluding hydrogens is 963 g/mol. The van der Waals surface area contributed by atoms with E-state index < -0.39 is 56.2 Å². The van der Waals surface area contributed by atoms with Crippen molar-refractivity contribution < 1.29 is 63.5 Å². The molecule has 0 aliphatic rings. The highest BCUT2D eigenvalue weighted by Crippen LogP contribution is 2.16. The maximum atomic E-state index is 13.4. The number of carboxylic acids is 4. The van der Waals surface area contributed by atoms with Gasteiger partial charge in [-0.1, -0.05) is 194 Å². The predicted octanol–water partition coefficient (Wildman–Crippen LogP) is 9.60.